The van der Waals surface area contributed by atoms with E-state index in [1.54, 1.807) is 23.5 Å². The number of aryl methyl sites for hydroxylation is 1. The van der Waals surface area contributed by atoms with Gasteiger partial charge in [-0.2, -0.15) is 5.10 Å². The molecule has 0 fully saturated rings. The monoisotopic (exact) mass is 351 g/mol. The molecule has 0 aliphatic carbocycles. The second-order valence-corrected chi connectivity index (χ2v) is 6.24. The fraction of sp³-hybridized carbons (Fsp3) is 0.0769. The minimum Gasteiger partial charge on any atom is -0.457 e. The Balaban J connectivity index is 1.76. The standard InChI is InChI=1S/C13H10BrN3O2S/c1-7-2-3-10(20-7)9-5-12(17-16-9)15-13(18)8-4-11(14)19-6-8/h2-6H,1H3,(H2,15,16,17,18). The number of halogens is 1. The van der Waals surface area contributed by atoms with Crippen molar-refractivity contribution in [2.75, 3.05) is 5.32 Å². The molecule has 0 saturated heterocycles. The Bertz CT molecular complexity index is 759. The van der Waals surface area contributed by atoms with Crippen LogP contribution in [0.3, 0.4) is 0 Å². The number of carbonyl (C=O) groups is 1. The molecule has 0 aromatic carbocycles. The third kappa shape index (κ3) is 2.68. The molecule has 3 heterocycles. The van der Waals surface area contributed by atoms with Gasteiger partial charge in [0, 0.05) is 17.0 Å². The largest absolute Gasteiger partial charge is 0.457 e. The minimum absolute atomic E-state index is 0.264. The lowest BCUT2D eigenvalue weighted by atomic mass is 10.3. The number of hydrogen-bond acceptors (Lipinski definition) is 4. The number of hydrogen-bond donors (Lipinski definition) is 2. The Morgan fingerprint density at radius 3 is 2.95 bits per heavy atom. The zero-order chi connectivity index (χ0) is 14.1. The molecule has 3 aromatic heterocycles. The van der Waals surface area contributed by atoms with Crippen LogP contribution in [0.15, 0.2) is 39.6 Å². The van der Waals surface area contributed by atoms with Crippen LogP contribution < -0.4 is 5.32 Å². The summed E-state index contributed by atoms with van der Waals surface area (Å²) in [6.07, 6.45) is 1.38. The van der Waals surface area contributed by atoms with Crippen molar-refractivity contribution in [3.05, 3.63) is 45.6 Å². The van der Waals surface area contributed by atoms with E-state index in [0.717, 1.165) is 10.6 Å². The van der Waals surface area contributed by atoms with E-state index in [0.29, 0.717) is 16.1 Å². The zero-order valence-electron chi connectivity index (χ0n) is 10.4. The quantitative estimate of drug-likeness (QED) is 0.747. The third-order valence-electron chi connectivity index (χ3n) is 2.65. The molecule has 0 atom stereocenters. The molecule has 5 nitrogen and oxygen atoms in total. The zero-order valence-corrected chi connectivity index (χ0v) is 12.8. The van der Waals surface area contributed by atoms with Crippen LogP contribution in [-0.4, -0.2) is 16.1 Å². The van der Waals surface area contributed by atoms with Crippen LogP contribution in [0, 0.1) is 6.92 Å². The first kappa shape index (κ1) is 13.1. The van der Waals surface area contributed by atoms with E-state index in [1.807, 2.05) is 19.1 Å². The number of thiophene rings is 1. The first-order valence-electron chi connectivity index (χ1n) is 5.79. The van der Waals surface area contributed by atoms with Gasteiger partial charge in [0.2, 0.25) is 0 Å². The smallest absolute Gasteiger partial charge is 0.260 e. The van der Waals surface area contributed by atoms with Gasteiger partial charge in [-0.1, -0.05) is 0 Å². The Hall–Kier alpha value is -1.86. The van der Waals surface area contributed by atoms with E-state index >= 15 is 0 Å². The van der Waals surface area contributed by atoms with E-state index in [9.17, 15) is 4.79 Å². The van der Waals surface area contributed by atoms with Crippen molar-refractivity contribution in [2.45, 2.75) is 6.92 Å². The van der Waals surface area contributed by atoms with Crippen molar-refractivity contribution in [2.24, 2.45) is 0 Å². The Morgan fingerprint density at radius 2 is 2.30 bits per heavy atom. The Morgan fingerprint density at radius 1 is 1.45 bits per heavy atom. The summed E-state index contributed by atoms with van der Waals surface area (Å²) in [4.78, 5) is 14.2. The van der Waals surface area contributed by atoms with E-state index in [1.165, 1.54) is 11.1 Å². The SMILES string of the molecule is Cc1ccc(-c2cc(NC(=O)c3coc(Br)c3)n[nH]2)s1. The van der Waals surface area contributed by atoms with E-state index in [4.69, 9.17) is 4.42 Å². The van der Waals surface area contributed by atoms with Crippen molar-refractivity contribution < 1.29 is 9.21 Å². The average Bonchev–Trinajstić information content (AvgIpc) is 3.10. The van der Waals surface area contributed by atoms with Crippen molar-refractivity contribution in [3.8, 4) is 10.6 Å². The van der Waals surface area contributed by atoms with Crippen LogP contribution in [0.5, 0.6) is 0 Å². The molecule has 3 aromatic rings. The maximum Gasteiger partial charge on any atom is 0.260 e. The highest BCUT2D eigenvalue weighted by Gasteiger charge is 2.12. The first-order valence-corrected chi connectivity index (χ1v) is 7.40. The molecule has 0 aliphatic rings. The van der Waals surface area contributed by atoms with Crippen molar-refractivity contribution >= 4 is 39.0 Å². The summed E-state index contributed by atoms with van der Waals surface area (Å²) in [5, 5.41) is 9.70. The predicted molar refractivity (Wildman–Crippen MR) is 81.0 cm³/mol. The summed E-state index contributed by atoms with van der Waals surface area (Å²) in [5.74, 6) is 0.216. The fourth-order valence-corrected chi connectivity index (χ4v) is 2.88. The van der Waals surface area contributed by atoms with Crippen LogP contribution in [0.4, 0.5) is 5.82 Å². The number of carbonyl (C=O) groups excluding carboxylic acids is 1. The maximum atomic E-state index is 11.9. The molecular formula is C13H10BrN3O2S. The summed E-state index contributed by atoms with van der Waals surface area (Å²) in [6, 6.07) is 7.47. The van der Waals surface area contributed by atoms with Gasteiger partial charge in [-0.05, 0) is 35.0 Å². The summed E-state index contributed by atoms with van der Waals surface area (Å²) in [5.41, 5.74) is 1.32. The normalized spacial score (nSPS) is 10.7. The summed E-state index contributed by atoms with van der Waals surface area (Å²) >= 11 is 4.82. The van der Waals surface area contributed by atoms with E-state index in [2.05, 4.69) is 31.4 Å². The highest BCUT2D eigenvalue weighted by molar-refractivity contribution is 9.10. The molecule has 3 rings (SSSR count). The summed E-state index contributed by atoms with van der Waals surface area (Å²) in [6.45, 7) is 2.05. The lowest BCUT2D eigenvalue weighted by Gasteiger charge is -1.96. The molecule has 0 bridgehead atoms. The minimum atomic E-state index is -0.264. The highest BCUT2D eigenvalue weighted by Crippen LogP contribution is 2.27. The highest BCUT2D eigenvalue weighted by atomic mass is 79.9. The van der Waals surface area contributed by atoms with Crippen molar-refractivity contribution in [3.63, 3.8) is 0 Å². The van der Waals surface area contributed by atoms with Crippen molar-refractivity contribution in [1.82, 2.24) is 10.2 Å². The molecular weight excluding hydrogens is 342 g/mol. The number of aromatic nitrogens is 2. The maximum absolute atomic E-state index is 11.9. The molecule has 102 valence electrons. The number of nitrogens with zero attached hydrogens (tertiary/aromatic N) is 1. The Labute approximate surface area is 127 Å². The molecule has 0 aliphatic heterocycles. The number of furan rings is 1. The topological polar surface area (TPSA) is 70.9 Å². The lowest BCUT2D eigenvalue weighted by Crippen LogP contribution is -2.10. The van der Waals surface area contributed by atoms with Crippen LogP contribution in [0.25, 0.3) is 10.6 Å². The van der Waals surface area contributed by atoms with Gasteiger partial charge in [0.1, 0.15) is 6.26 Å². The van der Waals surface area contributed by atoms with Gasteiger partial charge in [0.15, 0.2) is 10.5 Å². The lowest BCUT2D eigenvalue weighted by molar-refractivity contribution is 0.102. The molecule has 20 heavy (non-hydrogen) atoms. The molecule has 0 unspecified atom stereocenters. The molecule has 0 radical (unpaired) electrons. The Kier molecular flexibility index (Phi) is 3.45. The molecule has 0 saturated carbocycles. The van der Waals surface area contributed by atoms with Crippen LogP contribution in [0.2, 0.25) is 0 Å². The number of rotatable bonds is 3. The number of nitrogens with one attached hydrogen (secondary N) is 2. The van der Waals surface area contributed by atoms with Crippen molar-refractivity contribution in [1.29, 1.82) is 0 Å². The van der Waals surface area contributed by atoms with Gasteiger partial charge in [-0.15, -0.1) is 11.3 Å². The van der Waals surface area contributed by atoms with E-state index in [-0.39, 0.29) is 5.91 Å². The summed E-state index contributed by atoms with van der Waals surface area (Å²) < 4.78 is 5.54. The van der Waals surface area contributed by atoms with Crippen LogP contribution in [-0.2, 0) is 0 Å². The van der Waals surface area contributed by atoms with Crippen LogP contribution in [0.1, 0.15) is 15.2 Å². The van der Waals surface area contributed by atoms with Gasteiger partial charge >= 0.3 is 0 Å². The molecule has 0 spiro atoms. The fourth-order valence-electron chi connectivity index (χ4n) is 1.71. The van der Waals surface area contributed by atoms with Gasteiger partial charge in [-0.25, -0.2) is 0 Å². The summed E-state index contributed by atoms with van der Waals surface area (Å²) in [7, 11) is 0. The number of aromatic amines is 1. The second-order valence-electron chi connectivity index (χ2n) is 4.17. The average molecular weight is 352 g/mol. The number of amides is 1. The number of anilines is 1. The molecule has 1 amide bonds. The van der Waals surface area contributed by atoms with Gasteiger partial charge in [-0.3, -0.25) is 9.89 Å². The molecule has 7 heteroatoms. The first-order chi connectivity index (χ1) is 9.61. The second kappa shape index (κ2) is 5.26. The van der Waals surface area contributed by atoms with Gasteiger partial charge in [0.25, 0.3) is 5.91 Å². The van der Waals surface area contributed by atoms with Gasteiger partial charge < -0.3 is 9.73 Å². The van der Waals surface area contributed by atoms with Crippen LogP contribution >= 0.6 is 27.3 Å². The predicted octanol–water partition coefficient (Wildman–Crippen LogP) is 4.05. The van der Waals surface area contributed by atoms with Gasteiger partial charge in [0.05, 0.1) is 16.1 Å². The third-order valence-corrected chi connectivity index (χ3v) is 4.10. The number of H-pyrrole nitrogens is 1. The van der Waals surface area contributed by atoms with E-state index < -0.39 is 0 Å². The molecule has 2 N–H and O–H groups in total.